The number of amides is 5. The Morgan fingerprint density at radius 2 is 1.54 bits per heavy atom. The lowest BCUT2D eigenvalue weighted by Gasteiger charge is -2.25. The van der Waals surface area contributed by atoms with Crippen LogP contribution < -0.4 is 38.9 Å². The molecule has 0 unspecified atom stereocenters. The zero-order valence-corrected chi connectivity index (χ0v) is 28.9. The number of nitrogens with one attached hydrogen (secondary N) is 3. The minimum atomic E-state index is -1.03. The summed E-state index contributed by atoms with van der Waals surface area (Å²) in [5, 5.41) is 8.19. The highest BCUT2D eigenvalue weighted by molar-refractivity contribution is 8.26. The van der Waals surface area contributed by atoms with Gasteiger partial charge in [-0.2, -0.15) is 0 Å². The molecule has 2 aliphatic rings. The first-order valence-electron chi connectivity index (χ1n) is 16.3. The summed E-state index contributed by atoms with van der Waals surface area (Å²) in [6.45, 7) is 2.59. The molecule has 1 saturated heterocycles. The number of unbranched alkanes of at least 4 members (excludes halogenated alkanes) is 2. The van der Waals surface area contributed by atoms with Crippen molar-refractivity contribution >= 4 is 69.9 Å². The Kier molecular flexibility index (Phi) is 15.3. The maximum atomic E-state index is 13.6. The molecule has 5 amide bonds. The monoisotopic (exact) mass is 701 g/mol. The van der Waals surface area contributed by atoms with Gasteiger partial charge in [-0.3, -0.25) is 33.9 Å². The van der Waals surface area contributed by atoms with Crippen molar-refractivity contribution in [2.75, 3.05) is 13.1 Å². The van der Waals surface area contributed by atoms with E-state index in [9.17, 15) is 24.0 Å². The molecular weight excluding hydrogens is 655 g/mol. The summed E-state index contributed by atoms with van der Waals surface area (Å²) in [4.78, 5) is 71.1. The lowest BCUT2D eigenvalue weighted by molar-refractivity contribution is -0.132. The van der Waals surface area contributed by atoms with Gasteiger partial charge in [-0.15, -0.1) is 0 Å². The Balaban J connectivity index is 1.73. The Morgan fingerprint density at radius 1 is 0.938 bits per heavy atom. The summed E-state index contributed by atoms with van der Waals surface area (Å²) in [7, 11) is 0. The molecule has 0 aromatic heterocycles. The van der Waals surface area contributed by atoms with Gasteiger partial charge in [0.15, 0.2) is 5.96 Å². The van der Waals surface area contributed by atoms with E-state index >= 15 is 0 Å². The lowest BCUT2D eigenvalue weighted by Crippen LogP contribution is -2.56. The van der Waals surface area contributed by atoms with Gasteiger partial charge in [0, 0.05) is 18.2 Å². The number of guanidine groups is 1. The molecule has 3 atom stereocenters. The van der Waals surface area contributed by atoms with Crippen LogP contribution in [0.4, 0.5) is 0 Å². The van der Waals surface area contributed by atoms with Crippen LogP contribution in [-0.2, 0) is 19.2 Å². The van der Waals surface area contributed by atoms with Gasteiger partial charge in [0.1, 0.15) is 22.4 Å². The molecule has 1 heterocycles. The third-order valence-electron chi connectivity index (χ3n) is 7.86. The second-order valence-corrected chi connectivity index (χ2v) is 13.5. The first kappa shape index (κ1) is 38.4. The van der Waals surface area contributed by atoms with Crippen LogP contribution in [0.15, 0.2) is 34.2 Å². The molecular formula is C32H47N9O5S2. The molecule has 1 saturated carbocycles. The first-order chi connectivity index (χ1) is 22.9. The zero-order valence-electron chi connectivity index (χ0n) is 27.2. The Labute approximate surface area is 290 Å². The normalized spacial score (nSPS) is 17.0. The number of carbonyl (C=O) groups is 5. The van der Waals surface area contributed by atoms with Crippen LogP contribution in [0, 0.1) is 0 Å². The molecule has 0 bridgehead atoms. The van der Waals surface area contributed by atoms with Crippen molar-refractivity contribution in [2.24, 2.45) is 27.9 Å². The van der Waals surface area contributed by atoms with Crippen molar-refractivity contribution < 1.29 is 24.0 Å². The fraction of sp³-hybridized carbons (Fsp3) is 0.531. The van der Waals surface area contributed by atoms with Crippen LogP contribution >= 0.6 is 24.0 Å². The van der Waals surface area contributed by atoms with Crippen molar-refractivity contribution in [1.29, 1.82) is 0 Å². The smallest absolute Gasteiger partial charge is 0.266 e. The topological polar surface area (TPSA) is 241 Å². The largest absolute Gasteiger partial charge is 0.370 e. The number of hydrogen-bond donors (Lipinski definition) is 7. The van der Waals surface area contributed by atoms with E-state index in [2.05, 4.69) is 20.9 Å². The molecule has 1 aliphatic carbocycles. The maximum absolute atomic E-state index is 13.6. The quantitative estimate of drug-likeness (QED) is 0.0334. The lowest BCUT2D eigenvalue weighted by atomic mass is 10.0. The molecule has 0 spiro atoms. The van der Waals surface area contributed by atoms with E-state index in [0.29, 0.717) is 53.4 Å². The van der Waals surface area contributed by atoms with Gasteiger partial charge in [0.2, 0.25) is 17.7 Å². The number of benzene rings is 1. The van der Waals surface area contributed by atoms with E-state index < -0.39 is 41.8 Å². The SMILES string of the molecule is CCCC[C@H](NC(=O)[C@H](CCCCN)NC(=O)[C@H](CCCN=C(N)N)NC(=O)c1ccc(/C=C2\SC(=S)N(C3CC3)C2=O)cc1)C(N)=O. The molecule has 262 valence electrons. The average Bonchev–Trinajstić information content (AvgIpc) is 3.84. The molecule has 1 aromatic rings. The zero-order chi connectivity index (χ0) is 35.2. The number of rotatable bonds is 20. The molecule has 1 aromatic carbocycles. The Morgan fingerprint density at radius 3 is 2.12 bits per heavy atom. The first-order valence-corrected chi connectivity index (χ1v) is 17.5. The molecule has 16 heteroatoms. The summed E-state index contributed by atoms with van der Waals surface area (Å²) in [5.74, 6) is -2.51. The molecule has 0 radical (unpaired) electrons. The maximum Gasteiger partial charge on any atom is 0.266 e. The van der Waals surface area contributed by atoms with Gasteiger partial charge < -0.3 is 38.9 Å². The number of nitrogens with two attached hydrogens (primary N) is 4. The van der Waals surface area contributed by atoms with E-state index in [-0.39, 0.29) is 42.9 Å². The fourth-order valence-corrected chi connectivity index (χ4v) is 6.42. The van der Waals surface area contributed by atoms with Crippen LogP contribution in [0.25, 0.3) is 6.08 Å². The predicted octanol–water partition coefficient (Wildman–Crippen LogP) is 0.976. The number of hydrogen-bond acceptors (Lipinski definition) is 9. The number of thiocarbonyl (C=S) groups is 1. The molecule has 11 N–H and O–H groups in total. The van der Waals surface area contributed by atoms with Crippen LogP contribution in [0.1, 0.15) is 87.1 Å². The van der Waals surface area contributed by atoms with Crippen LogP contribution in [0.5, 0.6) is 0 Å². The summed E-state index contributed by atoms with van der Waals surface area (Å²) in [5.41, 5.74) is 23.0. The molecule has 48 heavy (non-hydrogen) atoms. The summed E-state index contributed by atoms with van der Waals surface area (Å²) >= 11 is 6.64. The van der Waals surface area contributed by atoms with E-state index in [1.165, 1.54) is 11.8 Å². The molecule has 1 aliphatic heterocycles. The Hall–Kier alpha value is -4.02. The van der Waals surface area contributed by atoms with E-state index in [1.807, 2.05) is 6.92 Å². The number of carbonyl (C=O) groups excluding carboxylic acids is 5. The summed E-state index contributed by atoms with van der Waals surface area (Å²) in [6.07, 6.45) is 7.49. The highest BCUT2D eigenvalue weighted by Crippen LogP contribution is 2.40. The molecule has 2 fully saturated rings. The van der Waals surface area contributed by atoms with Gasteiger partial charge in [-0.1, -0.05) is 55.9 Å². The average molecular weight is 702 g/mol. The second kappa shape index (κ2) is 19.1. The molecule has 3 rings (SSSR count). The van der Waals surface area contributed by atoms with E-state index in [1.54, 1.807) is 35.2 Å². The van der Waals surface area contributed by atoms with Gasteiger partial charge in [0.05, 0.1) is 4.91 Å². The highest BCUT2D eigenvalue weighted by atomic mass is 32.2. The van der Waals surface area contributed by atoms with Crippen molar-refractivity contribution in [3.8, 4) is 0 Å². The minimum Gasteiger partial charge on any atom is -0.370 e. The van der Waals surface area contributed by atoms with Crippen molar-refractivity contribution in [2.45, 2.75) is 95.3 Å². The van der Waals surface area contributed by atoms with Gasteiger partial charge in [-0.05, 0) is 81.7 Å². The number of thioether (sulfide) groups is 1. The number of primary amides is 1. The van der Waals surface area contributed by atoms with Crippen molar-refractivity contribution in [3.63, 3.8) is 0 Å². The number of nitrogens with zero attached hydrogens (tertiary/aromatic N) is 2. The third kappa shape index (κ3) is 11.9. The van der Waals surface area contributed by atoms with Gasteiger partial charge >= 0.3 is 0 Å². The van der Waals surface area contributed by atoms with Gasteiger partial charge in [-0.25, -0.2) is 0 Å². The minimum absolute atomic E-state index is 0.0985. The molecule has 14 nitrogen and oxygen atoms in total. The van der Waals surface area contributed by atoms with Crippen LogP contribution in [0.2, 0.25) is 0 Å². The number of aliphatic imine (C=N–C) groups is 1. The van der Waals surface area contributed by atoms with Crippen molar-refractivity contribution in [1.82, 2.24) is 20.9 Å². The Bertz CT molecular complexity index is 1390. The van der Waals surface area contributed by atoms with Crippen LogP contribution in [-0.4, -0.2) is 82.0 Å². The third-order valence-corrected chi connectivity index (χ3v) is 9.19. The standard InChI is InChI=1S/C32H47N9O5S2/c1-2-3-7-22(26(34)42)38-28(44)23(8-4-5-16-33)40-29(45)24(9-6-17-37-31(35)36)39-27(43)20-12-10-19(11-13-20)18-25-30(46)41(21-14-15-21)32(47)48-25/h10-13,18,21-24H,2-9,14-17,33H2,1H3,(H2,34,42)(H,38,44)(H,39,43)(H,40,45)(H4,35,36,37)/b25-18-/t22-,23-,24-/m0/s1. The summed E-state index contributed by atoms with van der Waals surface area (Å²) in [6, 6.07) is 3.90. The summed E-state index contributed by atoms with van der Waals surface area (Å²) < 4.78 is 0.553. The second-order valence-electron chi connectivity index (χ2n) is 11.8. The van der Waals surface area contributed by atoms with Gasteiger partial charge in [0.25, 0.3) is 11.8 Å². The van der Waals surface area contributed by atoms with E-state index in [4.69, 9.17) is 35.2 Å². The highest BCUT2D eigenvalue weighted by Gasteiger charge is 2.42. The van der Waals surface area contributed by atoms with Crippen molar-refractivity contribution in [3.05, 3.63) is 40.3 Å². The van der Waals surface area contributed by atoms with E-state index in [0.717, 1.165) is 19.3 Å². The predicted molar refractivity (Wildman–Crippen MR) is 191 cm³/mol. The van der Waals surface area contributed by atoms with Crippen LogP contribution in [0.3, 0.4) is 0 Å². The fourth-order valence-electron chi connectivity index (χ4n) is 5.02.